The molecule has 0 saturated heterocycles. The quantitative estimate of drug-likeness (QED) is 0.710. The molecule has 19 heavy (non-hydrogen) atoms. The van der Waals surface area contributed by atoms with Crippen molar-refractivity contribution in [3.05, 3.63) is 56.1 Å². The second kappa shape index (κ2) is 6.72. The number of benzene rings is 2. The van der Waals surface area contributed by atoms with Crippen molar-refractivity contribution in [3.63, 3.8) is 0 Å². The van der Waals surface area contributed by atoms with Gasteiger partial charge < -0.3 is 10.5 Å². The molecule has 2 rings (SSSR count). The van der Waals surface area contributed by atoms with Crippen LogP contribution in [0, 0.1) is 3.57 Å². The van der Waals surface area contributed by atoms with Crippen molar-refractivity contribution in [2.24, 2.45) is 5.73 Å². The summed E-state index contributed by atoms with van der Waals surface area (Å²) in [6.45, 7) is 2.00. The molecule has 1 unspecified atom stereocenters. The molecule has 0 spiro atoms. The average molecular weight is 432 g/mol. The van der Waals surface area contributed by atoms with Gasteiger partial charge in [0.05, 0.1) is 3.57 Å². The molecular weight excluding hydrogens is 417 g/mol. The Morgan fingerprint density at radius 1 is 1.26 bits per heavy atom. The summed E-state index contributed by atoms with van der Waals surface area (Å²) in [6.07, 6.45) is 0.851. The van der Waals surface area contributed by atoms with Gasteiger partial charge >= 0.3 is 0 Å². The number of nitrogens with two attached hydrogens (primary N) is 1. The third-order valence-corrected chi connectivity index (χ3v) is 4.26. The first-order valence-electron chi connectivity index (χ1n) is 6.02. The molecule has 0 heterocycles. The topological polar surface area (TPSA) is 35.2 Å². The SMILES string of the molecule is CC(N)Cc1ccc(Oc2ccccc2I)cc1Br. The van der Waals surface area contributed by atoms with Gasteiger partial charge in [-0.25, -0.2) is 0 Å². The molecule has 0 amide bonds. The van der Waals surface area contributed by atoms with Crippen molar-refractivity contribution < 1.29 is 4.74 Å². The van der Waals surface area contributed by atoms with E-state index in [1.165, 1.54) is 5.56 Å². The zero-order chi connectivity index (χ0) is 13.8. The maximum Gasteiger partial charge on any atom is 0.140 e. The number of ether oxygens (including phenoxy) is 1. The lowest BCUT2D eigenvalue weighted by Gasteiger charge is -2.11. The Hall–Kier alpha value is -0.590. The van der Waals surface area contributed by atoms with Gasteiger partial charge in [-0.3, -0.25) is 0 Å². The van der Waals surface area contributed by atoms with Crippen LogP contribution in [-0.2, 0) is 6.42 Å². The first kappa shape index (κ1) is 14.8. The lowest BCUT2D eigenvalue weighted by Crippen LogP contribution is -2.17. The van der Waals surface area contributed by atoms with E-state index in [-0.39, 0.29) is 6.04 Å². The summed E-state index contributed by atoms with van der Waals surface area (Å²) in [5.74, 6) is 1.69. The van der Waals surface area contributed by atoms with E-state index in [2.05, 4.69) is 44.6 Å². The Morgan fingerprint density at radius 3 is 2.63 bits per heavy atom. The van der Waals surface area contributed by atoms with Crippen LogP contribution in [0.4, 0.5) is 0 Å². The smallest absolute Gasteiger partial charge is 0.140 e. The minimum atomic E-state index is 0.151. The highest BCUT2D eigenvalue weighted by Crippen LogP contribution is 2.30. The molecule has 0 aliphatic carbocycles. The monoisotopic (exact) mass is 431 g/mol. The molecular formula is C15H15BrINO. The Labute approximate surface area is 135 Å². The van der Waals surface area contributed by atoms with Gasteiger partial charge in [-0.1, -0.05) is 34.1 Å². The van der Waals surface area contributed by atoms with E-state index in [9.17, 15) is 0 Å². The maximum atomic E-state index is 5.88. The fourth-order valence-electron chi connectivity index (χ4n) is 1.76. The summed E-state index contributed by atoms with van der Waals surface area (Å²) >= 11 is 5.84. The fraction of sp³-hybridized carbons (Fsp3) is 0.200. The van der Waals surface area contributed by atoms with Crippen LogP contribution in [-0.4, -0.2) is 6.04 Å². The van der Waals surface area contributed by atoms with Crippen molar-refractivity contribution in [2.75, 3.05) is 0 Å². The molecule has 0 radical (unpaired) electrons. The molecule has 0 bridgehead atoms. The maximum absolute atomic E-state index is 5.88. The molecule has 0 aliphatic rings. The minimum Gasteiger partial charge on any atom is -0.456 e. The molecule has 1 atom stereocenters. The largest absolute Gasteiger partial charge is 0.456 e. The van der Waals surface area contributed by atoms with Crippen molar-refractivity contribution in [2.45, 2.75) is 19.4 Å². The van der Waals surface area contributed by atoms with Gasteiger partial charge in [-0.2, -0.15) is 0 Å². The summed E-state index contributed by atoms with van der Waals surface area (Å²) in [6, 6.07) is 14.1. The zero-order valence-corrected chi connectivity index (χ0v) is 14.3. The van der Waals surface area contributed by atoms with Crippen molar-refractivity contribution in [1.82, 2.24) is 0 Å². The number of para-hydroxylation sites is 1. The van der Waals surface area contributed by atoms with Gasteiger partial charge in [0.15, 0.2) is 0 Å². The predicted octanol–water partition coefficient (Wildman–Crippen LogP) is 4.74. The van der Waals surface area contributed by atoms with Gasteiger partial charge in [-0.05, 0) is 65.8 Å². The van der Waals surface area contributed by atoms with E-state index in [1.807, 2.05) is 43.3 Å². The van der Waals surface area contributed by atoms with Crippen LogP contribution >= 0.6 is 38.5 Å². The molecule has 0 fully saturated rings. The summed E-state index contributed by atoms with van der Waals surface area (Å²) in [4.78, 5) is 0. The molecule has 2 nitrogen and oxygen atoms in total. The average Bonchev–Trinajstić information content (AvgIpc) is 2.35. The van der Waals surface area contributed by atoms with Crippen molar-refractivity contribution in [1.29, 1.82) is 0 Å². The van der Waals surface area contributed by atoms with Gasteiger partial charge in [0, 0.05) is 10.5 Å². The van der Waals surface area contributed by atoms with E-state index in [0.717, 1.165) is 26.0 Å². The van der Waals surface area contributed by atoms with Crippen LogP contribution in [0.5, 0.6) is 11.5 Å². The lowest BCUT2D eigenvalue weighted by atomic mass is 10.1. The van der Waals surface area contributed by atoms with Gasteiger partial charge in [0.2, 0.25) is 0 Å². The van der Waals surface area contributed by atoms with E-state index < -0.39 is 0 Å². The minimum absolute atomic E-state index is 0.151. The van der Waals surface area contributed by atoms with Crippen LogP contribution in [0.1, 0.15) is 12.5 Å². The third kappa shape index (κ3) is 4.19. The fourth-order valence-corrected chi connectivity index (χ4v) is 2.78. The van der Waals surface area contributed by atoms with E-state index in [4.69, 9.17) is 10.5 Å². The van der Waals surface area contributed by atoms with E-state index in [1.54, 1.807) is 0 Å². The van der Waals surface area contributed by atoms with E-state index in [0.29, 0.717) is 0 Å². The zero-order valence-electron chi connectivity index (χ0n) is 10.6. The van der Waals surface area contributed by atoms with Crippen LogP contribution in [0.25, 0.3) is 0 Å². The Balaban J connectivity index is 2.19. The molecule has 100 valence electrons. The summed E-state index contributed by atoms with van der Waals surface area (Å²) in [5, 5.41) is 0. The van der Waals surface area contributed by atoms with Gasteiger partial charge in [-0.15, -0.1) is 0 Å². The first-order chi connectivity index (χ1) is 9.06. The van der Waals surface area contributed by atoms with Crippen LogP contribution < -0.4 is 10.5 Å². The molecule has 0 aliphatic heterocycles. The van der Waals surface area contributed by atoms with Crippen LogP contribution in [0.15, 0.2) is 46.9 Å². The lowest BCUT2D eigenvalue weighted by molar-refractivity contribution is 0.478. The molecule has 0 aromatic heterocycles. The van der Waals surface area contributed by atoms with Crippen LogP contribution in [0.3, 0.4) is 0 Å². The van der Waals surface area contributed by atoms with Gasteiger partial charge in [0.25, 0.3) is 0 Å². The highest BCUT2D eigenvalue weighted by molar-refractivity contribution is 14.1. The number of hydrogen-bond donors (Lipinski definition) is 1. The number of rotatable bonds is 4. The summed E-state index contributed by atoms with van der Waals surface area (Å²) in [7, 11) is 0. The standard InChI is InChI=1S/C15H15BrINO/c1-10(18)8-11-6-7-12(9-13(11)16)19-15-5-3-2-4-14(15)17/h2-7,9-10H,8,18H2,1H3. The summed E-state index contributed by atoms with van der Waals surface area (Å²) < 4.78 is 8.01. The Bertz CT molecular complexity index is 572. The highest BCUT2D eigenvalue weighted by Gasteiger charge is 2.06. The van der Waals surface area contributed by atoms with E-state index >= 15 is 0 Å². The molecule has 0 saturated carbocycles. The highest BCUT2D eigenvalue weighted by atomic mass is 127. The third-order valence-electron chi connectivity index (χ3n) is 2.63. The Morgan fingerprint density at radius 2 is 2.00 bits per heavy atom. The number of halogens is 2. The van der Waals surface area contributed by atoms with Crippen molar-refractivity contribution >= 4 is 38.5 Å². The second-order valence-electron chi connectivity index (χ2n) is 4.47. The van der Waals surface area contributed by atoms with Gasteiger partial charge in [0.1, 0.15) is 11.5 Å². The molecule has 2 aromatic carbocycles. The molecule has 2 aromatic rings. The molecule has 4 heteroatoms. The van der Waals surface area contributed by atoms with Crippen LogP contribution in [0.2, 0.25) is 0 Å². The summed E-state index contributed by atoms with van der Waals surface area (Å²) in [5.41, 5.74) is 7.02. The van der Waals surface area contributed by atoms with Crippen molar-refractivity contribution in [3.8, 4) is 11.5 Å². The Kier molecular flexibility index (Phi) is 5.24. The normalized spacial score (nSPS) is 12.2. The first-order valence-corrected chi connectivity index (χ1v) is 7.90. The molecule has 2 N–H and O–H groups in total. The number of hydrogen-bond acceptors (Lipinski definition) is 2. The second-order valence-corrected chi connectivity index (χ2v) is 6.48. The predicted molar refractivity (Wildman–Crippen MR) is 90.7 cm³/mol.